The number of aromatic nitrogens is 1. The Balaban J connectivity index is 1.29. The van der Waals surface area contributed by atoms with Gasteiger partial charge in [0.05, 0.1) is 30.7 Å². The zero-order valence-corrected chi connectivity index (χ0v) is 16.7. The Morgan fingerprint density at radius 2 is 1.76 bits per heavy atom. The van der Waals surface area contributed by atoms with Crippen molar-refractivity contribution in [3.8, 4) is 0 Å². The number of benzene rings is 1. The molecule has 1 aromatic heterocycles. The van der Waals surface area contributed by atoms with Crippen LogP contribution in [-0.4, -0.2) is 79.7 Å². The highest BCUT2D eigenvalue weighted by Gasteiger charge is 2.22. The number of pyridine rings is 1. The van der Waals surface area contributed by atoms with Crippen molar-refractivity contribution in [2.75, 3.05) is 63.9 Å². The van der Waals surface area contributed by atoms with E-state index in [0.29, 0.717) is 5.56 Å². The van der Waals surface area contributed by atoms with Gasteiger partial charge in [0.2, 0.25) is 0 Å². The second-order valence-corrected chi connectivity index (χ2v) is 7.44. The summed E-state index contributed by atoms with van der Waals surface area (Å²) in [5.74, 6) is 0.0760. The molecule has 2 fully saturated rings. The van der Waals surface area contributed by atoms with E-state index in [-0.39, 0.29) is 5.91 Å². The molecule has 0 unspecified atom stereocenters. The van der Waals surface area contributed by atoms with Crippen LogP contribution in [0.5, 0.6) is 0 Å². The minimum absolute atomic E-state index is 0.0760. The third-order valence-electron chi connectivity index (χ3n) is 5.48. The predicted molar refractivity (Wildman–Crippen MR) is 115 cm³/mol. The van der Waals surface area contributed by atoms with E-state index in [1.54, 1.807) is 6.20 Å². The number of hydrogen-bond acceptors (Lipinski definition) is 5. The predicted octanol–water partition coefficient (Wildman–Crippen LogP) is 2.39. The topological polar surface area (TPSA) is 48.9 Å². The van der Waals surface area contributed by atoms with Gasteiger partial charge in [-0.1, -0.05) is 42.5 Å². The van der Waals surface area contributed by atoms with Gasteiger partial charge >= 0.3 is 0 Å². The number of carbonyl (C=O) groups is 1. The van der Waals surface area contributed by atoms with E-state index >= 15 is 0 Å². The number of anilines is 1. The van der Waals surface area contributed by atoms with Crippen LogP contribution in [0.3, 0.4) is 0 Å². The monoisotopic (exact) mass is 392 g/mol. The number of rotatable bonds is 5. The van der Waals surface area contributed by atoms with Crippen LogP contribution in [0.25, 0.3) is 6.08 Å². The summed E-state index contributed by atoms with van der Waals surface area (Å²) in [6.07, 6.45) is 7.86. The second-order valence-electron chi connectivity index (χ2n) is 7.44. The second kappa shape index (κ2) is 9.67. The summed E-state index contributed by atoms with van der Waals surface area (Å²) in [6.45, 7) is 7.31. The Bertz CT molecular complexity index is 826. The Labute approximate surface area is 172 Å². The Morgan fingerprint density at radius 3 is 2.52 bits per heavy atom. The van der Waals surface area contributed by atoms with Gasteiger partial charge in [-0.05, 0) is 11.6 Å². The molecular weight excluding hydrogens is 364 g/mol. The van der Waals surface area contributed by atoms with E-state index in [1.807, 2.05) is 35.4 Å². The van der Waals surface area contributed by atoms with Gasteiger partial charge in [-0.15, -0.1) is 0 Å². The lowest BCUT2D eigenvalue weighted by Gasteiger charge is -2.34. The summed E-state index contributed by atoms with van der Waals surface area (Å²) in [4.78, 5) is 23.8. The molecule has 0 atom stereocenters. The molecule has 0 saturated carbocycles. The molecule has 2 aliphatic heterocycles. The average Bonchev–Trinajstić information content (AvgIpc) is 2.80. The number of piperazine rings is 1. The van der Waals surface area contributed by atoms with Crippen molar-refractivity contribution < 1.29 is 9.53 Å². The molecule has 2 aromatic rings. The van der Waals surface area contributed by atoms with Gasteiger partial charge in [0.1, 0.15) is 0 Å². The standard InChI is InChI=1S/C23H28N4O2/c28-23(21-17-22(19-24-18-21)26-13-15-29-16-14-26)27-11-9-25(10-12-27)8-4-7-20-5-2-1-3-6-20/h1-7,17-19H,8-16H2/b7-4+. The minimum atomic E-state index is 0.0760. The molecule has 6 nitrogen and oxygen atoms in total. The summed E-state index contributed by atoms with van der Waals surface area (Å²) >= 11 is 0. The van der Waals surface area contributed by atoms with Crippen LogP contribution in [0.2, 0.25) is 0 Å². The van der Waals surface area contributed by atoms with Crippen molar-refractivity contribution >= 4 is 17.7 Å². The summed E-state index contributed by atoms with van der Waals surface area (Å²) in [5.41, 5.74) is 2.89. The van der Waals surface area contributed by atoms with Gasteiger partial charge in [-0.3, -0.25) is 14.7 Å². The first-order chi connectivity index (χ1) is 14.3. The maximum atomic E-state index is 13.0. The van der Waals surface area contributed by atoms with Crippen molar-refractivity contribution in [1.82, 2.24) is 14.8 Å². The SMILES string of the molecule is O=C(c1cncc(N2CCOCC2)c1)N1CCN(C/C=C/c2ccccc2)CC1. The van der Waals surface area contributed by atoms with Crippen LogP contribution in [0, 0.1) is 0 Å². The first-order valence-corrected chi connectivity index (χ1v) is 10.3. The Morgan fingerprint density at radius 1 is 1.00 bits per heavy atom. The van der Waals surface area contributed by atoms with Gasteiger partial charge in [-0.25, -0.2) is 0 Å². The van der Waals surface area contributed by atoms with Crippen LogP contribution in [0.4, 0.5) is 5.69 Å². The molecule has 1 amide bonds. The molecule has 1 aromatic carbocycles. The number of amides is 1. The van der Waals surface area contributed by atoms with Gasteiger partial charge in [0, 0.05) is 52.0 Å². The molecule has 152 valence electrons. The van der Waals surface area contributed by atoms with E-state index in [0.717, 1.165) is 64.7 Å². The van der Waals surface area contributed by atoms with Crippen LogP contribution in [-0.2, 0) is 4.74 Å². The fourth-order valence-electron chi connectivity index (χ4n) is 3.76. The molecule has 2 saturated heterocycles. The molecular formula is C23H28N4O2. The van der Waals surface area contributed by atoms with E-state index < -0.39 is 0 Å². The average molecular weight is 393 g/mol. The molecule has 6 heteroatoms. The number of nitrogens with zero attached hydrogens (tertiary/aromatic N) is 4. The minimum Gasteiger partial charge on any atom is -0.378 e. The number of ether oxygens (including phenoxy) is 1. The first-order valence-electron chi connectivity index (χ1n) is 10.3. The highest BCUT2D eigenvalue weighted by atomic mass is 16.5. The molecule has 0 radical (unpaired) electrons. The molecule has 2 aliphatic rings. The molecule has 0 spiro atoms. The smallest absolute Gasteiger partial charge is 0.255 e. The maximum absolute atomic E-state index is 13.0. The third kappa shape index (κ3) is 5.22. The molecule has 0 bridgehead atoms. The third-order valence-corrected chi connectivity index (χ3v) is 5.48. The van der Waals surface area contributed by atoms with Crippen molar-refractivity contribution in [3.63, 3.8) is 0 Å². The summed E-state index contributed by atoms with van der Waals surface area (Å²) in [6, 6.07) is 12.3. The number of carbonyl (C=O) groups excluding carboxylic acids is 1. The van der Waals surface area contributed by atoms with E-state index in [2.05, 4.69) is 39.1 Å². The van der Waals surface area contributed by atoms with Gasteiger partial charge in [0.15, 0.2) is 0 Å². The summed E-state index contributed by atoms with van der Waals surface area (Å²) in [5, 5.41) is 0. The lowest BCUT2D eigenvalue weighted by Crippen LogP contribution is -2.48. The number of hydrogen-bond donors (Lipinski definition) is 0. The zero-order chi connectivity index (χ0) is 19.9. The molecule has 29 heavy (non-hydrogen) atoms. The highest BCUT2D eigenvalue weighted by molar-refractivity contribution is 5.94. The normalized spacial score (nSPS) is 18.3. The van der Waals surface area contributed by atoms with Gasteiger partial charge in [-0.2, -0.15) is 0 Å². The lowest BCUT2D eigenvalue weighted by molar-refractivity contribution is 0.0650. The van der Waals surface area contributed by atoms with Crippen molar-refractivity contribution in [1.29, 1.82) is 0 Å². The number of morpholine rings is 1. The lowest BCUT2D eigenvalue weighted by atomic mass is 10.2. The van der Waals surface area contributed by atoms with Crippen molar-refractivity contribution in [2.24, 2.45) is 0 Å². The maximum Gasteiger partial charge on any atom is 0.255 e. The summed E-state index contributed by atoms with van der Waals surface area (Å²) in [7, 11) is 0. The fraction of sp³-hybridized carbons (Fsp3) is 0.391. The summed E-state index contributed by atoms with van der Waals surface area (Å²) < 4.78 is 5.41. The van der Waals surface area contributed by atoms with E-state index in [9.17, 15) is 4.79 Å². The molecule has 3 heterocycles. The van der Waals surface area contributed by atoms with Crippen LogP contribution in [0.15, 0.2) is 54.9 Å². The first kappa shape index (κ1) is 19.6. The van der Waals surface area contributed by atoms with Crippen LogP contribution < -0.4 is 4.90 Å². The van der Waals surface area contributed by atoms with Crippen LogP contribution in [0.1, 0.15) is 15.9 Å². The van der Waals surface area contributed by atoms with Crippen molar-refractivity contribution in [2.45, 2.75) is 0 Å². The highest BCUT2D eigenvalue weighted by Crippen LogP contribution is 2.18. The molecule has 4 rings (SSSR count). The fourth-order valence-corrected chi connectivity index (χ4v) is 3.76. The van der Waals surface area contributed by atoms with Crippen LogP contribution >= 0.6 is 0 Å². The molecule has 0 aliphatic carbocycles. The van der Waals surface area contributed by atoms with E-state index in [1.165, 1.54) is 5.56 Å². The Hall–Kier alpha value is -2.70. The largest absolute Gasteiger partial charge is 0.378 e. The Kier molecular flexibility index (Phi) is 6.54. The van der Waals surface area contributed by atoms with Gasteiger partial charge in [0.25, 0.3) is 5.91 Å². The van der Waals surface area contributed by atoms with Gasteiger partial charge < -0.3 is 14.5 Å². The zero-order valence-electron chi connectivity index (χ0n) is 16.7. The molecule has 0 N–H and O–H groups in total. The quantitative estimate of drug-likeness (QED) is 0.782. The van der Waals surface area contributed by atoms with Crippen molar-refractivity contribution in [3.05, 3.63) is 66.0 Å². The van der Waals surface area contributed by atoms with E-state index in [4.69, 9.17) is 4.74 Å².